The SMILES string of the molecule is Clc1c2ccccc2c(-c2ccc(-c3nc(-c4ccccc4)nc(-c4ccccc4)n3)cc2)c2ccccc12. The van der Waals surface area contributed by atoms with Gasteiger partial charge >= 0.3 is 0 Å². The summed E-state index contributed by atoms with van der Waals surface area (Å²) in [6.07, 6.45) is 0. The molecule has 7 aromatic rings. The molecule has 0 unspecified atom stereocenters. The Morgan fingerprint density at radius 2 is 0.667 bits per heavy atom. The summed E-state index contributed by atoms with van der Waals surface area (Å²) in [6.45, 7) is 0. The third-order valence-electron chi connectivity index (χ3n) is 7.00. The molecule has 0 saturated heterocycles. The van der Waals surface area contributed by atoms with Crippen LogP contribution < -0.4 is 0 Å². The van der Waals surface area contributed by atoms with Crippen molar-refractivity contribution in [1.29, 1.82) is 0 Å². The van der Waals surface area contributed by atoms with Crippen molar-refractivity contribution in [3.05, 3.63) is 138 Å². The molecule has 0 saturated carbocycles. The summed E-state index contributed by atoms with van der Waals surface area (Å²) in [7, 11) is 0. The summed E-state index contributed by atoms with van der Waals surface area (Å²) >= 11 is 6.85. The second-order valence-electron chi connectivity index (χ2n) is 9.40. The molecule has 0 aliphatic rings. The molecule has 6 aromatic carbocycles. The van der Waals surface area contributed by atoms with Crippen molar-refractivity contribution in [2.75, 3.05) is 0 Å². The van der Waals surface area contributed by atoms with Gasteiger partial charge in [0, 0.05) is 27.5 Å². The highest BCUT2D eigenvalue weighted by atomic mass is 35.5. The standard InChI is InChI=1S/C35H22ClN3/c36-32-29-17-9-7-15-27(29)31(28-16-8-10-18-30(28)32)23-19-21-26(22-20-23)35-38-33(24-11-3-1-4-12-24)37-34(39-35)25-13-5-2-6-14-25/h1-22H. The van der Waals surface area contributed by atoms with E-state index in [1.165, 1.54) is 5.56 Å². The van der Waals surface area contributed by atoms with Crippen LogP contribution in [0, 0.1) is 0 Å². The Morgan fingerprint density at radius 1 is 0.333 bits per heavy atom. The maximum Gasteiger partial charge on any atom is 0.164 e. The maximum atomic E-state index is 6.85. The Labute approximate surface area is 231 Å². The Morgan fingerprint density at radius 3 is 1.10 bits per heavy atom. The van der Waals surface area contributed by atoms with E-state index in [4.69, 9.17) is 26.6 Å². The van der Waals surface area contributed by atoms with Crippen molar-refractivity contribution in [2.45, 2.75) is 0 Å². The average molecular weight is 520 g/mol. The van der Waals surface area contributed by atoms with Gasteiger partial charge in [-0.25, -0.2) is 15.0 Å². The Bertz CT molecular complexity index is 1840. The van der Waals surface area contributed by atoms with Gasteiger partial charge < -0.3 is 0 Å². The van der Waals surface area contributed by atoms with Crippen LogP contribution in [0.25, 0.3) is 66.8 Å². The topological polar surface area (TPSA) is 38.7 Å². The maximum absolute atomic E-state index is 6.85. The van der Waals surface area contributed by atoms with E-state index in [0.717, 1.165) is 48.8 Å². The van der Waals surface area contributed by atoms with Gasteiger partial charge in [0.15, 0.2) is 17.5 Å². The summed E-state index contributed by atoms with van der Waals surface area (Å²) < 4.78 is 0. The zero-order chi connectivity index (χ0) is 26.2. The van der Waals surface area contributed by atoms with Crippen LogP contribution >= 0.6 is 11.6 Å². The minimum atomic E-state index is 0.639. The average Bonchev–Trinajstić information content (AvgIpc) is 3.02. The Balaban J connectivity index is 1.39. The van der Waals surface area contributed by atoms with E-state index >= 15 is 0 Å². The summed E-state index contributed by atoms with van der Waals surface area (Å²) in [6, 6.07) is 45.2. The Hall–Kier alpha value is -4.86. The molecular weight excluding hydrogens is 498 g/mol. The molecule has 0 spiro atoms. The summed E-state index contributed by atoms with van der Waals surface area (Å²) in [5.74, 6) is 1.94. The van der Waals surface area contributed by atoms with Crippen LogP contribution in [0.1, 0.15) is 0 Å². The largest absolute Gasteiger partial charge is 0.208 e. The first-order chi connectivity index (χ1) is 19.3. The molecule has 7 rings (SSSR count). The van der Waals surface area contributed by atoms with Crippen LogP contribution in [0.2, 0.25) is 5.02 Å². The minimum Gasteiger partial charge on any atom is -0.208 e. The first kappa shape index (κ1) is 23.3. The number of rotatable bonds is 4. The lowest BCUT2D eigenvalue weighted by molar-refractivity contribution is 1.07. The molecule has 0 bridgehead atoms. The number of fused-ring (bicyclic) bond motifs is 2. The van der Waals surface area contributed by atoms with Gasteiger partial charge in [0.25, 0.3) is 0 Å². The van der Waals surface area contributed by atoms with E-state index in [1.54, 1.807) is 0 Å². The summed E-state index contributed by atoms with van der Waals surface area (Å²) in [5, 5.41) is 5.15. The summed E-state index contributed by atoms with van der Waals surface area (Å²) in [4.78, 5) is 14.6. The zero-order valence-electron chi connectivity index (χ0n) is 20.9. The molecular formula is C35H22ClN3. The second kappa shape index (κ2) is 9.79. The molecule has 0 N–H and O–H groups in total. The van der Waals surface area contributed by atoms with Crippen molar-refractivity contribution in [3.63, 3.8) is 0 Å². The van der Waals surface area contributed by atoms with Gasteiger partial charge in [0.2, 0.25) is 0 Å². The van der Waals surface area contributed by atoms with Crippen molar-refractivity contribution in [2.24, 2.45) is 0 Å². The fourth-order valence-corrected chi connectivity index (χ4v) is 5.44. The van der Waals surface area contributed by atoms with E-state index in [0.29, 0.717) is 17.5 Å². The van der Waals surface area contributed by atoms with E-state index in [-0.39, 0.29) is 0 Å². The lowest BCUT2D eigenvalue weighted by Gasteiger charge is -2.14. The normalized spacial score (nSPS) is 11.2. The van der Waals surface area contributed by atoms with Crippen molar-refractivity contribution < 1.29 is 0 Å². The van der Waals surface area contributed by atoms with E-state index in [1.807, 2.05) is 72.8 Å². The van der Waals surface area contributed by atoms with Crippen LogP contribution in [-0.4, -0.2) is 15.0 Å². The van der Waals surface area contributed by atoms with Gasteiger partial charge in [-0.15, -0.1) is 0 Å². The fourth-order valence-electron chi connectivity index (χ4n) is 5.11. The van der Waals surface area contributed by atoms with E-state index in [2.05, 4.69) is 60.7 Å². The van der Waals surface area contributed by atoms with Gasteiger partial charge in [-0.1, -0.05) is 145 Å². The second-order valence-corrected chi connectivity index (χ2v) is 9.77. The molecule has 3 nitrogen and oxygen atoms in total. The number of nitrogens with zero attached hydrogens (tertiary/aromatic N) is 3. The third-order valence-corrected chi connectivity index (χ3v) is 7.40. The van der Waals surface area contributed by atoms with Gasteiger partial charge in [-0.3, -0.25) is 0 Å². The van der Waals surface area contributed by atoms with Crippen molar-refractivity contribution in [3.8, 4) is 45.3 Å². The van der Waals surface area contributed by atoms with Crippen molar-refractivity contribution >= 4 is 33.1 Å². The number of aromatic nitrogens is 3. The highest BCUT2D eigenvalue weighted by Crippen LogP contribution is 2.41. The predicted molar refractivity (Wildman–Crippen MR) is 162 cm³/mol. The first-order valence-corrected chi connectivity index (χ1v) is 13.2. The molecule has 0 atom stereocenters. The molecule has 39 heavy (non-hydrogen) atoms. The van der Waals surface area contributed by atoms with E-state index < -0.39 is 0 Å². The van der Waals surface area contributed by atoms with Gasteiger partial charge in [0.05, 0.1) is 5.02 Å². The lowest BCUT2D eigenvalue weighted by Crippen LogP contribution is -2.00. The molecule has 184 valence electrons. The third kappa shape index (κ3) is 4.23. The highest BCUT2D eigenvalue weighted by Gasteiger charge is 2.15. The minimum absolute atomic E-state index is 0.639. The monoisotopic (exact) mass is 519 g/mol. The zero-order valence-corrected chi connectivity index (χ0v) is 21.7. The van der Waals surface area contributed by atoms with Crippen LogP contribution in [0.5, 0.6) is 0 Å². The molecule has 1 heterocycles. The smallest absolute Gasteiger partial charge is 0.164 e. The first-order valence-electron chi connectivity index (χ1n) is 12.8. The molecule has 0 aliphatic heterocycles. The van der Waals surface area contributed by atoms with Crippen LogP contribution in [-0.2, 0) is 0 Å². The predicted octanol–water partition coefficient (Wildman–Crippen LogP) is 9.50. The molecule has 1 aromatic heterocycles. The quantitative estimate of drug-likeness (QED) is 0.217. The van der Waals surface area contributed by atoms with Crippen LogP contribution in [0.15, 0.2) is 133 Å². The van der Waals surface area contributed by atoms with Crippen LogP contribution in [0.4, 0.5) is 0 Å². The molecule has 0 radical (unpaired) electrons. The van der Waals surface area contributed by atoms with Gasteiger partial charge in [-0.2, -0.15) is 0 Å². The fraction of sp³-hybridized carbons (Fsp3) is 0. The number of hydrogen-bond donors (Lipinski definition) is 0. The number of hydrogen-bond acceptors (Lipinski definition) is 3. The Kier molecular flexibility index (Phi) is 5.84. The van der Waals surface area contributed by atoms with Gasteiger partial charge in [0.1, 0.15) is 0 Å². The number of benzene rings is 6. The lowest BCUT2D eigenvalue weighted by atomic mass is 9.91. The van der Waals surface area contributed by atoms with Crippen molar-refractivity contribution in [1.82, 2.24) is 15.0 Å². The van der Waals surface area contributed by atoms with Gasteiger partial charge in [-0.05, 0) is 21.9 Å². The molecule has 0 aliphatic carbocycles. The summed E-state index contributed by atoms with van der Waals surface area (Å²) in [5.41, 5.74) is 5.12. The number of halogens is 1. The highest BCUT2D eigenvalue weighted by molar-refractivity contribution is 6.42. The molecule has 4 heteroatoms. The van der Waals surface area contributed by atoms with Crippen LogP contribution in [0.3, 0.4) is 0 Å². The van der Waals surface area contributed by atoms with E-state index in [9.17, 15) is 0 Å². The molecule has 0 fully saturated rings. The molecule has 0 amide bonds.